The Bertz CT molecular complexity index is 479. The molecule has 1 heterocycles. The Morgan fingerprint density at radius 3 is 2.76 bits per heavy atom. The van der Waals surface area contributed by atoms with Crippen molar-refractivity contribution >= 4 is 11.3 Å². The highest BCUT2D eigenvalue weighted by molar-refractivity contribution is 7.09. The van der Waals surface area contributed by atoms with Gasteiger partial charge in [0.1, 0.15) is 0 Å². The number of thiazole rings is 1. The second-order valence-corrected chi connectivity index (χ2v) is 5.17. The van der Waals surface area contributed by atoms with Crippen LogP contribution in [0.5, 0.6) is 0 Å². The Morgan fingerprint density at radius 1 is 1.35 bits per heavy atom. The maximum atomic E-state index is 5.64. The summed E-state index contributed by atoms with van der Waals surface area (Å²) in [6, 6.07) is 6.57. The Kier molecular flexibility index (Phi) is 3.89. The topological polar surface area (TPSA) is 50.9 Å². The molecule has 1 aromatic carbocycles. The summed E-state index contributed by atoms with van der Waals surface area (Å²) in [7, 11) is 0. The number of hydrazine groups is 1. The molecule has 0 radical (unpaired) electrons. The maximum absolute atomic E-state index is 5.64. The first-order chi connectivity index (χ1) is 8.20. The van der Waals surface area contributed by atoms with Gasteiger partial charge < -0.3 is 0 Å². The zero-order chi connectivity index (χ0) is 12.3. The molecule has 0 aliphatic heterocycles. The number of nitrogens with zero attached hydrogens (tertiary/aromatic N) is 1. The SMILES string of the molecule is Cc1ccc(C(Cc2nccs2)NN)cc1C. The second-order valence-electron chi connectivity index (χ2n) is 4.19. The van der Waals surface area contributed by atoms with E-state index in [4.69, 9.17) is 5.84 Å². The van der Waals surface area contributed by atoms with Gasteiger partial charge in [-0.3, -0.25) is 11.3 Å². The molecule has 4 heteroatoms. The molecule has 1 unspecified atom stereocenters. The van der Waals surface area contributed by atoms with Crippen molar-refractivity contribution in [2.75, 3.05) is 0 Å². The molecule has 90 valence electrons. The van der Waals surface area contributed by atoms with Gasteiger partial charge in [-0.15, -0.1) is 11.3 Å². The van der Waals surface area contributed by atoms with E-state index >= 15 is 0 Å². The van der Waals surface area contributed by atoms with Crippen LogP contribution in [0.3, 0.4) is 0 Å². The number of hydrogen-bond donors (Lipinski definition) is 2. The summed E-state index contributed by atoms with van der Waals surface area (Å²) in [6.07, 6.45) is 2.66. The number of nitrogens with two attached hydrogens (primary N) is 1. The standard InChI is InChI=1S/C13H17N3S/c1-9-3-4-11(7-10(9)2)12(16-14)8-13-15-5-6-17-13/h3-7,12,16H,8,14H2,1-2H3. The van der Waals surface area contributed by atoms with Crippen molar-refractivity contribution in [3.8, 4) is 0 Å². The molecule has 0 saturated carbocycles. The molecule has 17 heavy (non-hydrogen) atoms. The van der Waals surface area contributed by atoms with E-state index in [-0.39, 0.29) is 6.04 Å². The van der Waals surface area contributed by atoms with Gasteiger partial charge in [-0.2, -0.15) is 0 Å². The van der Waals surface area contributed by atoms with Gasteiger partial charge in [0.2, 0.25) is 0 Å². The summed E-state index contributed by atoms with van der Waals surface area (Å²) in [5.41, 5.74) is 6.68. The molecule has 0 fully saturated rings. The van der Waals surface area contributed by atoms with Crippen LogP contribution in [0.1, 0.15) is 27.7 Å². The molecular formula is C13H17N3S. The minimum Gasteiger partial charge on any atom is -0.271 e. The third-order valence-electron chi connectivity index (χ3n) is 3.00. The molecule has 0 spiro atoms. The first-order valence-electron chi connectivity index (χ1n) is 5.62. The molecule has 2 rings (SSSR count). The number of aromatic nitrogens is 1. The number of aryl methyl sites for hydroxylation is 2. The zero-order valence-corrected chi connectivity index (χ0v) is 10.9. The Morgan fingerprint density at radius 2 is 2.18 bits per heavy atom. The van der Waals surface area contributed by atoms with Crippen molar-refractivity contribution in [3.05, 3.63) is 51.5 Å². The summed E-state index contributed by atoms with van der Waals surface area (Å²) < 4.78 is 0. The fourth-order valence-electron chi connectivity index (χ4n) is 1.78. The fraction of sp³-hybridized carbons (Fsp3) is 0.308. The zero-order valence-electron chi connectivity index (χ0n) is 10.1. The van der Waals surface area contributed by atoms with Gasteiger partial charge in [0.25, 0.3) is 0 Å². The monoisotopic (exact) mass is 247 g/mol. The number of rotatable bonds is 4. The fourth-order valence-corrected chi connectivity index (χ4v) is 2.45. The highest BCUT2D eigenvalue weighted by Gasteiger charge is 2.12. The van der Waals surface area contributed by atoms with E-state index in [1.54, 1.807) is 11.3 Å². The lowest BCUT2D eigenvalue weighted by Crippen LogP contribution is -2.29. The Labute approximate surface area is 106 Å². The minimum absolute atomic E-state index is 0.125. The first-order valence-corrected chi connectivity index (χ1v) is 6.50. The molecule has 1 atom stereocenters. The highest BCUT2D eigenvalue weighted by Crippen LogP contribution is 2.21. The van der Waals surface area contributed by atoms with Crippen LogP contribution in [0.15, 0.2) is 29.8 Å². The quantitative estimate of drug-likeness (QED) is 0.644. The molecule has 3 nitrogen and oxygen atoms in total. The molecule has 0 bridgehead atoms. The van der Waals surface area contributed by atoms with Crippen molar-refractivity contribution < 1.29 is 0 Å². The summed E-state index contributed by atoms with van der Waals surface area (Å²) in [5, 5.41) is 3.09. The van der Waals surface area contributed by atoms with E-state index in [1.165, 1.54) is 16.7 Å². The third kappa shape index (κ3) is 2.91. The van der Waals surface area contributed by atoms with Crippen LogP contribution in [0.4, 0.5) is 0 Å². The van der Waals surface area contributed by atoms with Gasteiger partial charge in [0, 0.05) is 18.0 Å². The maximum Gasteiger partial charge on any atom is 0.0944 e. The summed E-state index contributed by atoms with van der Waals surface area (Å²) >= 11 is 1.66. The van der Waals surface area contributed by atoms with Gasteiger partial charge in [-0.25, -0.2) is 4.98 Å². The van der Waals surface area contributed by atoms with E-state index in [2.05, 4.69) is 42.5 Å². The van der Waals surface area contributed by atoms with Crippen LogP contribution in [0.25, 0.3) is 0 Å². The van der Waals surface area contributed by atoms with Gasteiger partial charge in [0.05, 0.1) is 11.0 Å². The lowest BCUT2D eigenvalue weighted by Gasteiger charge is -2.16. The number of benzene rings is 1. The predicted molar refractivity (Wildman–Crippen MR) is 71.8 cm³/mol. The van der Waals surface area contributed by atoms with Crippen LogP contribution < -0.4 is 11.3 Å². The van der Waals surface area contributed by atoms with Gasteiger partial charge in [-0.1, -0.05) is 18.2 Å². The lowest BCUT2D eigenvalue weighted by atomic mass is 10.00. The van der Waals surface area contributed by atoms with E-state index in [1.807, 2.05) is 11.6 Å². The summed E-state index contributed by atoms with van der Waals surface area (Å²) in [6.45, 7) is 4.24. The average molecular weight is 247 g/mol. The van der Waals surface area contributed by atoms with Crippen LogP contribution in [-0.4, -0.2) is 4.98 Å². The molecule has 3 N–H and O–H groups in total. The number of nitrogens with one attached hydrogen (secondary N) is 1. The minimum atomic E-state index is 0.125. The number of hydrogen-bond acceptors (Lipinski definition) is 4. The van der Waals surface area contributed by atoms with Crippen molar-refractivity contribution in [2.45, 2.75) is 26.3 Å². The largest absolute Gasteiger partial charge is 0.271 e. The van der Waals surface area contributed by atoms with Crippen molar-refractivity contribution in [2.24, 2.45) is 5.84 Å². The molecular weight excluding hydrogens is 230 g/mol. The van der Waals surface area contributed by atoms with E-state index in [0.717, 1.165) is 11.4 Å². The van der Waals surface area contributed by atoms with Crippen molar-refractivity contribution in [1.82, 2.24) is 10.4 Å². The summed E-state index contributed by atoms with van der Waals surface area (Å²) in [4.78, 5) is 4.29. The Balaban J connectivity index is 2.20. The van der Waals surface area contributed by atoms with Crippen molar-refractivity contribution in [1.29, 1.82) is 0 Å². The molecule has 0 amide bonds. The lowest BCUT2D eigenvalue weighted by molar-refractivity contribution is 0.550. The molecule has 0 aliphatic carbocycles. The van der Waals surface area contributed by atoms with Gasteiger partial charge in [0.15, 0.2) is 0 Å². The van der Waals surface area contributed by atoms with Gasteiger partial charge >= 0.3 is 0 Å². The Hall–Kier alpha value is -1.23. The third-order valence-corrected chi connectivity index (χ3v) is 3.80. The van der Waals surface area contributed by atoms with E-state index in [0.29, 0.717) is 0 Å². The van der Waals surface area contributed by atoms with Crippen LogP contribution in [-0.2, 0) is 6.42 Å². The second kappa shape index (κ2) is 5.40. The van der Waals surface area contributed by atoms with Crippen LogP contribution in [0.2, 0.25) is 0 Å². The highest BCUT2D eigenvalue weighted by atomic mass is 32.1. The molecule has 0 aliphatic rings. The molecule has 0 saturated heterocycles. The van der Waals surface area contributed by atoms with Gasteiger partial charge in [-0.05, 0) is 30.5 Å². The van der Waals surface area contributed by atoms with Crippen LogP contribution >= 0.6 is 11.3 Å². The normalized spacial score (nSPS) is 12.6. The smallest absolute Gasteiger partial charge is 0.0944 e. The average Bonchev–Trinajstić information content (AvgIpc) is 2.82. The van der Waals surface area contributed by atoms with E-state index < -0.39 is 0 Å². The first kappa shape index (κ1) is 12.2. The van der Waals surface area contributed by atoms with E-state index in [9.17, 15) is 0 Å². The predicted octanol–water partition coefficient (Wildman–Crippen LogP) is 2.51. The summed E-state index contributed by atoms with van der Waals surface area (Å²) in [5.74, 6) is 5.64. The van der Waals surface area contributed by atoms with Crippen molar-refractivity contribution in [3.63, 3.8) is 0 Å². The molecule has 1 aromatic heterocycles. The van der Waals surface area contributed by atoms with Crippen LogP contribution in [0, 0.1) is 13.8 Å². The molecule has 2 aromatic rings.